The number of hydrogen-bond acceptors (Lipinski definition) is 4. The molecule has 2 heterocycles. The van der Waals surface area contributed by atoms with Crippen LogP contribution >= 0.6 is 0 Å². The molecule has 0 atom stereocenters. The second-order valence-electron chi connectivity index (χ2n) is 2.29. The first-order chi connectivity index (χ1) is 5.77. The number of aromatic nitrogens is 3. The molecule has 0 aliphatic heterocycles. The molecule has 0 aliphatic carbocycles. The summed E-state index contributed by atoms with van der Waals surface area (Å²) < 4.78 is 0. The average Bonchev–Trinajstić information content (AvgIpc) is 2.46. The number of nitrogens with zero attached hydrogens (tertiary/aromatic N) is 2. The van der Waals surface area contributed by atoms with E-state index in [0.29, 0.717) is 11.0 Å². The molecule has 0 saturated carbocycles. The van der Waals surface area contributed by atoms with Crippen molar-refractivity contribution in [2.24, 2.45) is 0 Å². The van der Waals surface area contributed by atoms with Gasteiger partial charge in [-0.3, -0.25) is 0 Å². The van der Waals surface area contributed by atoms with Gasteiger partial charge in [0.25, 0.3) is 0 Å². The number of H-pyrrole nitrogens is 1. The Morgan fingerprint density at radius 2 is 2.31 bits per heavy atom. The monoisotopic (exact) mass is 201 g/mol. The summed E-state index contributed by atoms with van der Waals surface area (Å²) in [6, 6.07) is 1.41. The Morgan fingerprint density at radius 1 is 1.54 bits per heavy atom. The smallest absolute Gasteiger partial charge is 0.543 e. The van der Waals surface area contributed by atoms with Crippen molar-refractivity contribution in [3.63, 3.8) is 0 Å². The fraction of sp³-hybridized carbons (Fsp3) is 0. The number of carbonyl (C=O) groups is 1. The molecule has 6 heteroatoms. The number of rotatable bonds is 1. The van der Waals surface area contributed by atoms with E-state index in [-0.39, 0.29) is 57.1 Å². The van der Waals surface area contributed by atoms with Gasteiger partial charge in [-0.1, -0.05) is 0 Å². The number of carboxylic acids is 1. The first kappa shape index (κ1) is 10.8. The van der Waals surface area contributed by atoms with Crippen LogP contribution in [0, 0.1) is 0 Å². The fourth-order valence-corrected chi connectivity index (χ4v) is 0.978. The summed E-state index contributed by atoms with van der Waals surface area (Å²) in [7, 11) is 0. The van der Waals surface area contributed by atoms with Gasteiger partial charge in [0.1, 0.15) is 6.33 Å². The molecule has 0 saturated heterocycles. The Balaban J connectivity index is 0.000000845. The van der Waals surface area contributed by atoms with E-state index in [2.05, 4.69) is 15.0 Å². The number of nitrogens with one attached hydrogen (secondary N) is 1. The standard InChI is InChI=1S/C7H5N3O2.K/c11-7(12)5-1-4-6(10-5)2-8-3-9-4;/h1-3,10H,(H,11,12);/q;+1/p-1. The Hall–Kier alpha value is -0.274. The van der Waals surface area contributed by atoms with E-state index in [1.165, 1.54) is 18.6 Å². The summed E-state index contributed by atoms with van der Waals surface area (Å²) in [5, 5.41) is 10.4. The van der Waals surface area contributed by atoms with Gasteiger partial charge >= 0.3 is 51.4 Å². The number of aromatic amines is 1. The van der Waals surface area contributed by atoms with Crippen LogP contribution in [0.5, 0.6) is 0 Å². The van der Waals surface area contributed by atoms with Crippen LogP contribution in [0.3, 0.4) is 0 Å². The van der Waals surface area contributed by atoms with Crippen molar-refractivity contribution >= 4 is 17.0 Å². The van der Waals surface area contributed by atoms with E-state index in [0.717, 1.165) is 0 Å². The molecule has 0 radical (unpaired) electrons. The zero-order valence-electron chi connectivity index (χ0n) is 6.94. The van der Waals surface area contributed by atoms with Crippen LogP contribution in [0.4, 0.5) is 0 Å². The molecule has 0 aromatic carbocycles. The predicted molar refractivity (Wildman–Crippen MR) is 38.2 cm³/mol. The van der Waals surface area contributed by atoms with E-state index in [4.69, 9.17) is 0 Å². The Bertz CT molecular complexity index is 407. The summed E-state index contributed by atoms with van der Waals surface area (Å²) in [6.07, 6.45) is 2.87. The SMILES string of the molecule is O=C([O-])c1cc2ncncc2[nH]1.[K+]. The van der Waals surface area contributed by atoms with Gasteiger partial charge in [0.2, 0.25) is 0 Å². The van der Waals surface area contributed by atoms with Crippen molar-refractivity contribution in [1.82, 2.24) is 15.0 Å². The van der Waals surface area contributed by atoms with Crippen molar-refractivity contribution in [1.29, 1.82) is 0 Å². The van der Waals surface area contributed by atoms with Gasteiger partial charge in [0, 0.05) is 0 Å². The third kappa shape index (κ3) is 2.15. The number of carbonyl (C=O) groups excluding carboxylic acids is 1. The quantitative estimate of drug-likeness (QED) is 0.482. The van der Waals surface area contributed by atoms with E-state index >= 15 is 0 Å². The molecule has 0 bridgehead atoms. The first-order valence-corrected chi connectivity index (χ1v) is 3.27. The fourth-order valence-electron chi connectivity index (χ4n) is 0.978. The third-order valence-electron chi connectivity index (χ3n) is 1.51. The maximum atomic E-state index is 10.4. The molecule has 2 rings (SSSR count). The Morgan fingerprint density at radius 3 is 2.92 bits per heavy atom. The van der Waals surface area contributed by atoms with Gasteiger partial charge in [-0.15, -0.1) is 0 Å². The van der Waals surface area contributed by atoms with Crippen LogP contribution < -0.4 is 56.5 Å². The minimum Gasteiger partial charge on any atom is -0.543 e. The molecule has 1 N–H and O–H groups in total. The summed E-state index contributed by atoms with van der Waals surface area (Å²) in [4.78, 5) is 20.6. The molecule has 60 valence electrons. The maximum absolute atomic E-state index is 10.4. The topological polar surface area (TPSA) is 81.7 Å². The summed E-state index contributed by atoms with van der Waals surface area (Å²) in [5.74, 6) is -1.24. The molecule has 0 unspecified atom stereocenters. The largest absolute Gasteiger partial charge is 1.00 e. The van der Waals surface area contributed by atoms with E-state index in [1.807, 2.05) is 0 Å². The normalized spacial score (nSPS) is 9.54. The zero-order valence-corrected chi connectivity index (χ0v) is 10.1. The van der Waals surface area contributed by atoms with E-state index in [9.17, 15) is 9.90 Å². The molecule has 0 amide bonds. The van der Waals surface area contributed by atoms with Crippen molar-refractivity contribution in [3.05, 3.63) is 24.3 Å². The molecule has 13 heavy (non-hydrogen) atoms. The van der Waals surface area contributed by atoms with Crippen molar-refractivity contribution < 1.29 is 61.3 Å². The molecular weight excluding hydrogens is 197 g/mol. The predicted octanol–water partition coefficient (Wildman–Crippen LogP) is -3.67. The molecule has 2 aromatic heterocycles. The molecule has 0 aliphatic rings. The van der Waals surface area contributed by atoms with Crippen LogP contribution in [-0.4, -0.2) is 20.9 Å². The average molecular weight is 201 g/mol. The zero-order chi connectivity index (χ0) is 8.55. The third-order valence-corrected chi connectivity index (χ3v) is 1.51. The number of hydrogen-bond donors (Lipinski definition) is 1. The van der Waals surface area contributed by atoms with E-state index < -0.39 is 5.97 Å². The number of aromatic carboxylic acids is 1. The number of fused-ring (bicyclic) bond motifs is 1. The van der Waals surface area contributed by atoms with Gasteiger partial charge in [0.05, 0.1) is 28.9 Å². The molecule has 5 nitrogen and oxygen atoms in total. The van der Waals surface area contributed by atoms with Gasteiger partial charge in [-0.05, 0) is 6.07 Å². The van der Waals surface area contributed by atoms with Crippen LogP contribution in [0.15, 0.2) is 18.6 Å². The van der Waals surface area contributed by atoms with Gasteiger partial charge < -0.3 is 14.9 Å². The van der Waals surface area contributed by atoms with Gasteiger partial charge in [0.15, 0.2) is 0 Å². The van der Waals surface area contributed by atoms with Crippen molar-refractivity contribution in [3.8, 4) is 0 Å². The van der Waals surface area contributed by atoms with Gasteiger partial charge in [-0.25, -0.2) is 9.97 Å². The Kier molecular flexibility index (Phi) is 3.57. The molecule has 2 aromatic rings. The summed E-state index contributed by atoms with van der Waals surface area (Å²) in [6.45, 7) is 0. The Labute approximate surface area is 116 Å². The van der Waals surface area contributed by atoms with Crippen molar-refractivity contribution in [2.45, 2.75) is 0 Å². The minimum atomic E-state index is -1.24. The van der Waals surface area contributed by atoms with Gasteiger partial charge in [-0.2, -0.15) is 0 Å². The number of carboxylic acid groups (broad SMARTS) is 1. The summed E-state index contributed by atoms with van der Waals surface area (Å²) >= 11 is 0. The molecule has 0 fully saturated rings. The molecular formula is C7H4KN3O2. The van der Waals surface area contributed by atoms with Crippen LogP contribution in [-0.2, 0) is 0 Å². The second kappa shape index (κ2) is 4.29. The van der Waals surface area contributed by atoms with Crippen LogP contribution in [0.25, 0.3) is 11.0 Å². The summed E-state index contributed by atoms with van der Waals surface area (Å²) in [5.41, 5.74) is 1.19. The van der Waals surface area contributed by atoms with Crippen molar-refractivity contribution in [2.75, 3.05) is 0 Å². The molecule has 0 spiro atoms. The van der Waals surface area contributed by atoms with E-state index in [1.54, 1.807) is 0 Å². The minimum absolute atomic E-state index is 0. The first-order valence-electron chi connectivity index (χ1n) is 3.27. The van der Waals surface area contributed by atoms with Crippen LogP contribution in [0.2, 0.25) is 0 Å². The second-order valence-corrected chi connectivity index (χ2v) is 2.29. The maximum Gasteiger partial charge on any atom is 1.00 e. The van der Waals surface area contributed by atoms with Crippen LogP contribution in [0.1, 0.15) is 10.5 Å².